The number of carboxylic acids is 2. The summed E-state index contributed by atoms with van der Waals surface area (Å²) in [7, 11) is 4.00. The Hall–Kier alpha value is -3.10. The fraction of sp³-hybridized carbons (Fsp3) is 0.364. The van der Waals surface area contributed by atoms with Gasteiger partial charge in [-0.15, -0.1) is 0 Å². The van der Waals surface area contributed by atoms with Gasteiger partial charge in [0.25, 0.3) is 0 Å². The zero-order valence-corrected chi connectivity index (χ0v) is 17.3. The van der Waals surface area contributed by atoms with Gasteiger partial charge in [0, 0.05) is 26.2 Å². The van der Waals surface area contributed by atoms with Gasteiger partial charge in [0.05, 0.1) is 11.1 Å². The van der Waals surface area contributed by atoms with Crippen LogP contribution in [0.25, 0.3) is 0 Å². The highest BCUT2D eigenvalue weighted by Gasteiger charge is 2.07. The summed E-state index contributed by atoms with van der Waals surface area (Å²) in [5.41, 5.74) is 0.416. The summed E-state index contributed by atoms with van der Waals surface area (Å²) in [6.45, 7) is 4.03. The molecule has 2 rings (SSSR count). The molecule has 2 N–H and O–H groups in total. The number of ether oxygens (including phenoxy) is 2. The van der Waals surface area contributed by atoms with Crippen LogP contribution in [0.2, 0.25) is 0 Å². The molecule has 0 heterocycles. The highest BCUT2D eigenvalue weighted by Crippen LogP contribution is 2.14. The summed E-state index contributed by atoms with van der Waals surface area (Å²) in [5, 5.41) is 18.0. The Morgan fingerprint density at radius 2 is 1.13 bits per heavy atom. The maximum absolute atomic E-state index is 11.0. The van der Waals surface area contributed by atoms with Crippen LogP contribution in [0.4, 0.5) is 0 Å². The van der Waals surface area contributed by atoms with Gasteiger partial charge in [-0.2, -0.15) is 0 Å². The molecule has 0 bridgehead atoms. The molecule has 0 radical (unpaired) electrons. The van der Waals surface area contributed by atoms with Crippen molar-refractivity contribution in [3.63, 3.8) is 0 Å². The Kier molecular flexibility index (Phi) is 9.11. The summed E-state index contributed by atoms with van der Waals surface area (Å²) in [5.74, 6) is -0.854. The second-order valence-corrected chi connectivity index (χ2v) is 6.97. The van der Waals surface area contributed by atoms with Gasteiger partial charge in [-0.1, -0.05) is 12.1 Å². The van der Waals surface area contributed by atoms with Crippen LogP contribution in [0, 0.1) is 0 Å². The maximum atomic E-state index is 11.0. The topological polar surface area (TPSA) is 99.5 Å². The highest BCUT2D eigenvalue weighted by molar-refractivity contribution is 5.88. The Bertz CT molecular complexity index is 772. The summed E-state index contributed by atoms with van der Waals surface area (Å²) in [6.07, 6.45) is 0. The Labute approximate surface area is 176 Å². The molecule has 0 aliphatic heterocycles. The molecule has 0 fully saturated rings. The highest BCUT2D eigenvalue weighted by atomic mass is 16.5. The number of nitrogens with zero attached hydrogens (tertiary/aromatic N) is 2. The third-order valence-electron chi connectivity index (χ3n) is 4.51. The lowest BCUT2D eigenvalue weighted by molar-refractivity contribution is 0.0685. The lowest BCUT2D eigenvalue weighted by Crippen LogP contribution is -2.34. The Balaban J connectivity index is 1.61. The van der Waals surface area contributed by atoms with Crippen molar-refractivity contribution in [1.29, 1.82) is 0 Å². The molecule has 2 aromatic rings. The lowest BCUT2D eigenvalue weighted by Gasteiger charge is -2.22. The third-order valence-corrected chi connectivity index (χ3v) is 4.51. The molecule has 8 nitrogen and oxygen atoms in total. The van der Waals surface area contributed by atoms with Crippen molar-refractivity contribution in [2.75, 3.05) is 53.5 Å². The van der Waals surface area contributed by atoms with Gasteiger partial charge in [-0.25, -0.2) is 9.59 Å². The second kappa shape index (κ2) is 11.8. The minimum absolute atomic E-state index is 0.208. The van der Waals surface area contributed by atoms with Crippen molar-refractivity contribution in [1.82, 2.24) is 9.80 Å². The first kappa shape index (κ1) is 23.2. The number of benzene rings is 2. The van der Waals surface area contributed by atoms with Crippen LogP contribution in [-0.4, -0.2) is 85.4 Å². The summed E-state index contributed by atoms with van der Waals surface area (Å²) >= 11 is 0. The van der Waals surface area contributed by atoms with Gasteiger partial charge in [0.15, 0.2) is 0 Å². The smallest absolute Gasteiger partial charge is 0.335 e. The normalized spacial score (nSPS) is 10.9. The third kappa shape index (κ3) is 8.10. The van der Waals surface area contributed by atoms with Crippen LogP contribution in [0.15, 0.2) is 48.5 Å². The summed E-state index contributed by atoms with van der Waals surface area (Å²) in [6, 6.07) is 12.9. The van der Waals surface area contributed by atoms with Crippen LogP contribution < -0.4 is 9.47 Å². The van der Waals surface area contributed by atoms with E-state index in [0.717, 1.165) is 13.1 Å². The van der Waals surface area contributed by atoms with E-state index in [1.807, 2.05) is 14.1 Å². The van der Waals surface area contributed by atoms with Crippen molar-refractivity contribution >= 4 is 11.9 Å². The Morgan fingerprint density at radius 1 is 0.733 bits per heavy atom. The monoisotopic (exact) mass is 416 g/mol. The molecule has 0 saturated heterocycles. The van der Waals surface area contributed by atoms with Gasteiger partial charge in [0.1, 0.15) is 24.7 Å². The Morgan fingerprint density at radius 3 is 1.50 bits per heavy atom. The van der Waals surface area contributed by atoms with Gasteiger partial charge < -0.3 is 29.5 Å². The van der Waals surface area contributed by atoms with Crippen molar-refractivity contribution in [3.05, 3.63) is 59.7 Å². The molecule has 0 aliphatic rings. The zero-order chi connectivity index (χ0) is 21.9. The number of hydrogen-bond donors (Lipinski definition) is 2. The molecule has 30 heavy (non-hydrogen) atoms. The van der Waals surface area contributed by atoms with Crippen LogP contribution in [0.5, 0.6) is 11.5 Å². The summed E-state index contributed by atoms with van der Waals surface area (Å²) in [4.78, 5) is 26.2. The minimum atomic E-state index is -0.973. The second-order valence-electron chi connectivity index (χ2n) is 6.97. The van der Waals surface area contributed by atoms with Crippen LogP contribution in [-0.2, 0) is 0 Å². The maximum Gasteiger partial charge on any atom is 0.335 e. The van der Waals surface area contributed by atoms with Crippen LogP contribution >= 0.6 is 0 Å². The van der Waals surface area contributed by atoms with Crippen LogP contribution in [0.3, 0.4) is 0 Å². The number of hydrogen-bond acceptors (Lipinski definition) is 6. The number of rotatable bonds is 13. The number of carboxylic acid groups (broad SMARTS) is 2. The fourth-order valence-corrected chi connectivity index (χ4v) is 2.64. The SMILES string of the molecule is CN(CCOc1cccc(C(=O)O)c1)CCN(C)CCOc1cccc(C(=O)O)c1. The van der Waals surface area contributed by atoms with Gasteiger partial charge in [0.2, 0.25) is 0 Å². The first-order chi connectivity index (χ1) is 14.3. The molecule has 0 atom stereocenters. The molecule has 0 aliphatic carbocycles. The average Bonchev–Trinajstić information content (AvgIpc) is 2.72. The summed E-state index contributed by atoms with van der Waals surface area (Å²) < 4.78 is 11.3. The fourth-order valence-electron chi connectivity index (χ4n) is 2.64. The van der Waals surface area contributed by atoms with Crippen molar-refractivity contribution in [2.24, 2.45) is 0 Å². The predicted octanol–water partition coefficient (Wildman–Crippen LogP) is 2.40. The van der Waals surface area contributed by atoms with E-state index in [1.165, 1.54) is 24.3 Å². The molecule has 162 valence electrons. The zero-order valence-electron chi connectivity index (χ0n) is 17.3. The standard InChI is InChI=1S/C22H28N2O6/c1-23(11-13-29-19-7-3-5-17(15-19)21(25)26)9-10-24(2)12-14-30-20-8-4-6-18(16-20)22(27)28/h3-8,15-16H,9-14H2,1-2H3,(H,25,26)(H,27,28). The van der Waals surface area contributed by atoms with E-state index in [0.29, 0.717) is 37.8 Å². The molecule has 0 unspecified atom stereocenters. The van der Waals surface area contributed by atoms with Crippen molar-refractivity contribution < 1.29 is 29.3 Å². The van der Waals surface area contributed by atoms with Gasteiger partial charge in [-0.3, -0.25) is 0 Å². The molecule has 0 saturated carbocycles. The quantitative estimate of drug-likeness (QED) is 0.514. The minimum Gasteiger partial charge on any atom is -0.492 e. The molecule has 0 spiro atoms. The number of carbonyl (C=O) groups is 2. The van der Waals surface area contributed by atoms with E-state index in [-0.39, 0.29) is 11.1 Å². The van der Waals surface area contributed by atoms with Gasteiger partial charge >= 0.3 is 11.9 Å². The van der Waals surface area contributed by atoms with E-state index in [2.05, 4.69) is 9.80 Å². The molecule has 8 heteroatoms. The van der Waals surface area contributed by atoms with E-state index in [9.17, 15) is 9.59 Å². The van der Waals surface area contributed by atoms with E-state index in [1.54, 1.807) is 24.3 Å². The average molecular weight is 416 g/mol. The molecule has 2 aromatic carbocycles. The molecular formula is C22H28N2O6. The van der Waals surface area contributed by atoms with Crippen molar-refractivity contribution in [2.45, 2.75) is 0 Å². The number of likely N-dealkylation sites (N-methyl/N-ethyl adjacent to an activating group) is 2. The first-order valence-electron chi connectivity index (χ1n) is 9.64. The van der Waals surface area contributed by atoms with Gasteiger partial charge in [-0.05, 0) is 50.5 Å². The lowest BCUT2D eigenvalue weighted by atomic mass is 10.2. The van der Waals surface area contributed by atoms with E-state index < -0.39 is 11.9 Å². The van der Waals surface area contributed by atoms with Crippen LogP contribution in [0.1, 0.15) is 20.7 Å². The largest absolute Gasteiger partial charge is 0.492 e. The molecule has 0 amide bonds. The van der Waals surface area contributed by atoms with Crippen molar-refractivity contribution in [3.8, 4) is 11.5 Å². The van der Waals surface area contributed by atoms with E-state index >= 15 is 0 Å². The van der Waals surface area contributed by atoms with E-state index in [4.69, 9.17) is 19.7 Å². The molecule has 0 aromatic heterocycles. The first-order valence-corrected chi connectivity index (χ1v) is 9.64. The predicted molar refractivity (Wildman–Crippen MR) is 113 cm³/mol. The molecular weight excluding hydrogens is 388 g/mol. The number of aromatic carboxylic acids is 2.